The number of amides is 1. The van der Waals surface area contributed by atoms with Crippen LogP contribution >= 0.6 is 11.6 Å². The Morgan fingerprint density at radius 2 is 2.27 bits per heavy atom. The van der Waals surface area contributed by atoms with Crippen LogP contribution in [0, 0.1) is 11.3 Å². The van der Waals surface area contributed by atoms with E-state index in [1.807, 2.05) is 6.07 Å². The summed E-state index contributed by atoms with van der Waals surface area (Å²) in [6, 6.07) is 8.77. The maximum atomic E-state index is 13.0. The molecule has 4 aromatic rings. The maximum absolute atomic E-state index is 13.0. The van der Waals surface area contributed by atoms with Crippen LogP contribution in [0.1, 0.15) is 10.4 Å². The number of ether oxygens (including phenoxy) is 1. The largest absolute Gasteiger partial charge is 0.496 e. The van der Waals surface area contributed by atoms with Gasteiger partial charge in [0.25, 0.3) is 5.91 Å². The number of nitrogens with two attached hydrogens (primary N) is 1. The Hall–Kier alpha value is -4.10. The number of fused-ring (bicyclic) bond motifs is 1. The first kappa shape index (κ1) is 19.2. The molecule has 0 saturated heterocycles. The van der Waals surface area contributed by atoms with Gasteiger partial charge in [-0.25, -0.2) is 14.2 Å². The summed E-state index contributed by atoms with van der Waals surface area (Å²) in [6.07, 6.45) is 4.63. The van der Waals surface area contributed by atoms with E-state index < -0.39 is 5.91 Å². The fourth-order valence-electron chi connectivity index (χ4n) is 3.12. The van der Waals surface area contributed by atoms with Gasteiger partial charge in [0, 0.05) is 23.0 Å². The van der Waals surface area contributed by atoms with Gasteiger partial charge in [-0.1, -0.05) is 11.6 Å². The lowest BCUT2D eigenvalue weighted by atomic mass is 10.1. The van der Waals surface area contributed by atoms with Crippen LogP contribution in [-0.4, -0.2) is 37.4 Å². The van der Waals surface area contributed by atoms with Gasteiger partial charge in [0.2, 0.25) is 0 Å². The SMILES string of the molecule is COc1ccc(Cl)cc1-c1c(NC(=O)c2c(N)nn3cccnc23)cnn1CC#N. The molecule has 0 atom stereocenters. The molecule has 0 aliphatic carbocycles. The number of aromatic nitrogens is 5. The summed E-state index contributed by atoms with van der Waals surface area (Å²) in [5.41, 5.74) is 7.78. The number of nitrogen functional groups attached to an aromatic ring is 1. The molecule has 0 fully saturated rings. The van der Waals surface area contributed by atoms with Crippen molar-refractivity contribution in [3.8, 4) is 23.1 Å². The van der Waals surface area contributed by atoms with E-state index in [2.05, 4.69) is 20.5 Å². The summed E-state index contributed by atoms with van der Waals surface area (Å²) in [4.78, 5) is 17.2. The Kier molecular flexibility index (Phi) is 4.95. The smallest absolute Gasteiger partial charge is 0.263 e. The van der Waals surface area contributed by atoms with E-state index in [1.165, 1.54) is 22.5 Å². The standard InChI is InChI=1S/C19H15ClN8O2/c1-30-14-4-3-11(20)9-12(14)16-13(10-24-27(16)8-5-21)25-19(29)15-17(22)26-28-7-2-6-23-18(15)28/h2-4,6-7,9-10H,8H2,1H3,(H2,22,26)(H,25,29). The number of hydrogen-bond acceptors (Lipinski definition) is 7. The predicted octanol–water partition coefficient (Wildman–Crippen LogP) is 2.61. The van der Waals surface area contributed by atoms with Gasteiger partial charge in [0.1, 0.15) is 17.9 Å². The first-order valence-electron chi connectivity index (χ1n) is 8.70. The Balaban J connectivity index is 1.81. The molecule has 3 aromatic heterocycles. The molecule has 30 heavy (non-hydrogen) atoms. The third-order valence-electron chi connectivity index (χ3n) is 4.37. The molecule has 0 bridgehead atoms. The monoisotopic (exact) mass is 422 g/mol. The van der Waals surface area contributed by atoms with E-state index in [1.54, 1.807) is 36.7 Å². The van der Waals surface area contributed by atoms with Gasteiger partial charge in [0.15, 0.2) is 11.5 Å². The lowest BCUT2D eigenvalue weighted by Gasteiger charge is -2.13. The normalized spacial score (nSPS) is 10.7. The third kappa shape index (κ3) is 3.27. The van der Waals surface area contributed by atoms with Crippen molar-refractivity contribution in [3.63, 3.8) is 0 Å². The van der Waals surface area contributed by atoms with Gasteiger partial charge >= 0.3 is 0 Å². The number of nitrogens with one attached hydrogen (secondary N) is 1. The van der Waals surface area contributed by atoms with Crippen molar-refractivity contribution in [1.82, 2.24) is 24.4 Å². The van der Waals surface area contributed by atoms with E-state index >= 15 is 0 Å². The van der Waals surface area contributed by atoms with E-state index in [4.69, 9.17) is 22.1 Å². The quantitative estimate of drug-likeness (QED) is 0.504. The molecule has 10 nitrogen and oxygen atoms in total. The van der Waals surface area contributed by atoms with Crippen LogP contribution in [0.4, 0.5) is 11.5 Å². The molecule has 0 spiro atoms. The molecule has 0 saturated carbocycles. The summed E-state index contributed by atoms with van der Waals surface area (Å²) < 4.78 is 8.29. The predicted molar refractivity (Wildman–Crippen MR) is 110 cm³/mol. The number of anilines is 2. The van der Waals surface area contributed by atoms with E-state index in [-0.39, 0.29) is 17.9 Å². The highest BCUT2D eigenvalue weighted by molar-refractivity contribution is 6.31. The highest BCUT2D eigenvalue weighted by Gasteiger charge is 2.23. The Morgan fingerprint density at radius 3 is 3.03 bits per heavy atom. The molecule has 150 valence electrons. The zero-order chi connectivity index (χ0) is 21.3. The number of rotatable bonds is 5. The van der Waals surface area contributed by atoms with Crippen LogP contribution in [-0.2, 0) is 6.54 Å². The van der Waals surface area contributed by atoms with Crippen LogP contribution in [0.3, 0.4) is 0 Å². The Morgan fingerprint density at radius 1 is 1.43 bits per heavy atom. The number of nitriles is 1. The molecule has 0 aliphatic heterocycles. The number of benzene rings is 1. The lowest BCUT2D eigenvalue weighted by Crippen LogP contribution is -2.14. The fourth-order valence-corrected chi connectivity index (χ4v) is 3.29. The molecule has 0 radical (unpaired) electrons. The minimum absolute atomic E-state index is 0.0394. The van der Waals surface area contributed by atoms with Crippen LogP contribution in [0.2, 0.25) is 5.02 Å². The van der Waals surface area contributed by atoms with Crippen LogP contribution < -0.4 is 15.8 Å². The van der Waals surface area contributed by atoms with Crippen LogP contribution in [0.5, 0.6) is 5.75 Å². The van der Waals surface area contributed by atoms with Crippen molar-refractivity contribution in [2.45, 2.75) is 6.54 Å². The van der Waals surface area contributed by atoms with Crippen molar-refractivity contribution in [2.24, 2.45) is 0 Å². The number of halogens is 1. The van der Waals surface area contributed by atoms with E-state index in [0.29, 0.717) is 33.4 Å². The number of carbonyl (C=O) groups excluding carboxylic acids is 1. The van der Waals surface area contributed by atoms with Gasteiger partial charge in [-0.2, -0.15) is 10.4 Å². The number of nitrogens with zero attached hydrogens (tertiary/aromatic N) is 6. The highest BCUT2D eigenvalue weighted by atomic mass is 35.5. The van der Waals surface area contributed by atoms with E-state index in [0.717, 1.165) is 0 Å². The van der Waals surface area contributed by atoms with Gasteiger partial charge in [-0.15, -0.1) is 5.10 Å². The topological polar surface area (TPSA) is 136 Å². The van der Waals surface area contributed by atoms with E-state index in [9.17, 15) is 10.1 Å². The minimum Gasteiger partial charge on any atom is -0.496 e. The van der Waals surface area contributed by atoms with Crippen molar-refractivity contribution in [2.75, 3.05) is 18.2 Å². The Bertz CT molecular complexity index is 1300. The zero-order valence-corrected chi connectivity index (χ0v) is 16.5. The second-order valence-electron chi connectivity index (χ2n) is 6.17. The molecule has 1 aromatic carbocycles. The van der Waals surface area contributed by atoms with Crippen molar-refractivity contribution >= 4 is 34.7 Å². The molecule has 3 N–H and O–H groups in total. The number of carbonyl (C=O) groups is 1. The molecule has 0 aliphatic rings. The van der Waals surface area contributed by atoms with Crippen molar-refractivity contribution in [3.05, 3.63) is 53.4 Å². The van der Waals surface area contributed by atoms with Gasteiger partial charge in [0.05, 0.1) is 30.8 Å². The van der Waals surface area contributed by atoms with Crippen molar-refractivity contribution in [1.29, 1.82) is 5.26 Å². The third-order valence-corrected chi connectivity index (χ3v) is 4.61. The summed E-state index contributed by atoms with van der Waals surface area (Å²) in [5, 5.41) is 20.7. The van der Waals surface area contributed by atoms with Crippen molar-refractivity contribution < 1.29 is 9.53 Å². The molecule has 0 unspecified atom stereocenters. The summed E-state index contributed by atoms with van der Waals surface area (Å²) in [7, 11) is 1.52. The first-order chi connectivity index (χ1) is 14.5. The summed E-state index contributed by atoms with van der Waals surface area (Å²) >= 11 is 6.17. The second-order valence-corrected chi connectivity index (χ2v) is 6.61. The summed E-state index contributed by atoms with van der Waals surface area (Å²) in [6.45, 7) is -0.0404. The molecule has 1 amide bonds. The first-order valence-corrected chi connectivity index (χ1v) is 9.08. The highest BCUT2D eigenvalue weighted by Crippen LogP contribution is 2.37. The van der Waals surface area contributed by atoms with Crippen LogP contribution in [0.25, 0.3) is 16.9 Å². The maximum Gasteiger partial charge on any atom is 0.263 e. The van der Waals surface area contributed by atoms with Gasteiger partial charge < -0.3 is 15.8 Å². The lowest BCUT2D eigenvalue weighted by molar-refractivity contribution is 0.102. The fraction of sp³-hybridized carbons (Fsp3) is 0.105. The Labute approximate surface area is 175 Å². The molecular formula is C19H15ClN8O2. The van der Waals surface area contributed by atoms with Gasteiger partial charge in [-0.05, 0) is 24.3 Å². The molecule has 4 rings (SSSR count). The zero-order valence-electron chi connectivity index (χ0n) is 15.7. The molecule has 11 heteroatoms. The second kappa shape index (κ2) is 7.73. The number of hydrogen-bond donors (Lipinski definition) is 2. The summed E-state index contributed by atoms with van der Waals surface area (Å²) in [5.74, 6) is 0.0317. The average Bonchev–Trinajstić information content (AvgIpc) is 3.27. The molecular weight excluding hydrogens is 408 g/mol. The van der Waals surface area contributed by atoms with Gasteiger partial charge in [-0.3, -0.25) is 4.79 Å². The number of methoxy groups -OCH3 is 1. The molecule has 3 heterocycles. The minimum atomic E-state index is -0.514. The average molecular weight is 423 g/mol. The van der Waals surface area contributed by atoms with Crippen LogP contribution in [0.15, 0.2) is 42.9 Å².